The van der Waals surface area contributed by atoms with Crippen LogP contribution in [0.2, 0.25) is 0 Å². The van der Waals surface area contributed by atoms with E-state index in [1.807, 2.05) is 26.0 Å². The first kappa shape index (κ1) is 16.9. The zero-order valence-corrected chi connectivity index (χ0v) is 14.3. The van der Waals surface area contributed by atoms with Gasteiger partial charge in [-0.15, -0.1) is 0 Å². The van der Waals surface area contributed by atoms with Gasteiger partial charge in [-0.25, -0.2) is 9.50 Å². The molecule has 2 N–H and O–H groups in total. The largest absolute Gasteiger partial charge is 0.394 e. The number of aliphatic hydroxyl groups excluding tert-OH is 1. The van der Waals surface area contributed by atoms with Gasteiger partial charge in [0.1, 0.15) is 17.9 Å². The third-order valence-electron chi connectivity index (χ3n) is 4.32. The Hall–Kier alpha value is -1.99. The maximum Gasteiger partial charge on any atom is 0.225 e. The molecule has 1 aliphatic heterocycles. The summed E-state index contributed by atoms with van der Waals surface area (Å²) in [6.45, 7) is 6.13. The Morgan fingerprint density at radius 3 is 2.96 bits per heavy atom. The molecule has 0 spiro atoms. The molecule has 0 bridgehead atoms. The van der Waals surface area contributed by atoms with Crippen molar-refractivity contribution in [1.29, 1.82) is 0 Å². The SMILES string of the molecule is CC(C)CC(=O)Nc1ncnn2c(C3OC(CO)CC3C)ccc12. The normalized spacial score (nSPS) is 24.0. The van der Waals surface area contributed by atoms with Gasteiger partial charge in [0.05, 0.1) is 18.4 Å². The van der Waals surface area contributed by atoms with Crippen molar-refractivity contribution >= 4 is 17.2 Å². The Labute approximate surface area is 141 Å². The Kier molecular flexibility index (Phi) is 4.82. The number of aliphatic hydroxyl groups is 1. The first-order valence-corrected chi connectivity index (χ1v) is 8.38. The van der Waals surface area contributed by atoms with E-state index in [0.29, 0.717) is 12.2 Å². The van der Waals surface area contributed by atoms with E-state index in [4.69, 9.17) is 4.74 Å². The zero-order valence-electron chi connectivity index (χ0n) is 14.3. The predicted octanol–water partition coefficient (Wildman–Crippen LogP) is 2.17. The number of amides is 1. The number of hydrogen-bond acceptors (Lipinski definition) is 5. The lowest BCUT2D eigenvalue weighted by Crippen LogP contribution is -2.16. The number of nitrogens with one attached hydrogen (secondary N) is 1. The van der Waals surface area contributed by atoms with Crippen molar-refractivity contribution in [1.82, 2.24) is 14.6 Å². The van der Waals surface area contributed by atoms with Crippen LogP contribution in [0.15, 0.2) is 18.5 Å². The standard InChI is InChI=1S/C17H24N4O3/c1-10(2)6-15(23)20-17-14-5-4-13(21(14)19-9-18-17)16-11(3)7-12(8-22)24-16/h4-5,9-12,16,22H,6-8H2,1-3H3,(H,18,19,20,23). The van der Waals surface area contributed by atoms with Gasteiger partial charge in [0.25, 0.3) is 0 Å². The molecule has 0 aliphatic carbocycles. The van der Waals surface area contributed by atoms with Gasteiger partial charge in [-0.1, -0.05) is 20.8 Å². The summed E-state index contributed by atoms with van der Waals surface area (Å²) in [6, 6.07) is 3.84. The molecular weight excluding hydrogens is 308 g/mol. The van der Waals surface area contributed by atoms with Crippen LogP contribution in [0, 0.1) is 11.8 Å². The van der Waals surface area contributed by atoms with E-state index in [1.165, 1.54) is 6.33 Å². The summed E-state index contributed by atoms with van der Waals surface area (Å²) in [4.78, 5) is 16.2. The molecule has 130 valence electrons. The van der Waals surface area contributed by atoms with E-state index in [9.17, 15) is 9.90 Å². The number of rotatable bonds is 5. The van der Waals surface area contributed by atoms with Crippen LogP contribution >= 0.6 is 0 Å². The molecule has 1 saturated heterocycles. The lowest BCUT2D eigenvalue weighted by Gasteiger charge is -2.15. The van der Waals surface area contributed by atoms with Crippen molar-refractivity contribution in [2.45, 2.75) is 45.8 Å². The molecule has 1 fully saturated rings. The van der Waals surface area contributed by atoms with E-state index >= 15 is 0 Å². The number of aromatic nitrogens is 3. The van der Waals surface area contributed by atoms with Crippen LogP contribution in [-0.4, -0.2) is 38.3 Å². The van der Waals surface area contributed by atoms with Gasteiger partial charge in [0.2, 0.25) is 5.91 Å². The summed E-state index contributed by atoms with van der Waals surface area (Å²) < 4.78 is 7.69. The van der Waals surface area contributed by atoms with Crippen molar-refractivity contribution < 1.29 is 14.6 Å². The Morgan fingerprint density at radius 1 is 1.50 bits per heavy atom. The second-order valence-electron chi connectivity index (χ2n) is 6.88. The van der Waals surface area contributed by atoms with E-state index in [0.717, 1.165) is 17.6 Å². The topological polar surface area (TPSA) is 88.8 Å². The van der Waals surface area contributed by atoms with Crippen LogP contribution < -0.4 is 5.32 Å². The molecule has 7 nitrogen and oxygen atoms in total. The lowest BCUT2D eigenvalue weighted by atomic mass is 10.00. The fourth-order valence-electron chi connectivity index (χ4n) is 3.23. The fourth-order valence-corrected chi connectivity index (χ4v) is 3.23. The molecule has 3 heterocycles. The average molecular weight is 332 g/mol. The average Bonchev–Trinajstić information content (AvgIpc) is 3.10. The van der Waals surface area contributed by atoms with Gasteiger partial charge in [-0.05, 0) is 30.4 Å². The highest BCUT2D eigenvalue weighted by Gasteiger charge is 2.34. The second-order valence-corrected chi connectivity index (χ2v) is 6.88. The first-order valence-electron chi connectivity index (χ1n) is 8.38. The Morgan fingerprint density at radius 2 is 2.29 bits per heavy atom. The Bertz CT molecular complexity index is 728. The second kappa shape index (κ2) is 6.86. The highest BCUT2D eigenvalue weighted by atomic mass is 16.5. The number of hydrogen-bond donors (Lipinski definition) is 2. The predicted molar refractivity (Wildman–Crippen MR) is 89.6 cm³/mol. The first-order chi connectivity index (χ1) is 11.5. The van der Waals surface area contributed by atoms with Gasteiger partial charge in [-0.3, -0.25) is 4.79 Å². The number of nitrogens with zero attached hydrogens (tertiary/aromatic N) is 3. The van der Waals surface area contributed by atoms with Gasteiger partial charge in [-0.2, -0.15) is 5.10 Å². The quantitative estimate of drug-likeness (QED) is 0.876. The lowest BCUT2D eigenvalue weighted by molar-refractivity contribution is -0.116. The molecule has 2 aromatic rings. The summed E-state index contributed by atoms with van der Waals surface area (Å²) in [5.74, 6) is 1.02. The molecule has 0 radical (unpaired) electrons. The smallest absolute Gasteiger partial charge is 0.225 e. The van der Waals surface area contributed by atoms with Crippen molar-refractivity contribution in [3.05, 3.63) is 24.2 Å². The maximum absolute atomic E-state index is 12.0. The third-order valence-corrected chi connectivity index (χ3v) is 4.32. The van der Waals surface area contributed by atoms with Crippen LogP contribution in [-0.2, 0) is 9.53 Å². The Balaban J connectivity index is 1.88. The van der Waals surface area contributed by atoms with Crippen molar-refractivity contribution in [3.63, 3.8) is 0 Å². The van der Waals surface area contributed by atoms with Crippen LogP contribution in [0.3, 0.4) is 0 Å². The minimum absolute atomic E-state index is 0.0235. The van der Waals surface area contributed by atoms with E-state index < -0.39 is 0 Å². The van der Waals surface area contributed by atoms with Crippen LogP contribution in [0.1, 0.15) is 45.4 Å². The minimum Gasteiger partial charge on any atom is -0.394 e. The van der Waals surface area contributed by atoms with Gasteiger partial charge < -0.3 is 15.2 Å². The molecule has 3 atom stereocenters. The molecule has 0 saturated carbocycles. The highest BCUT2D eigenvalue weighted by molar-refractivity contribution is 5.93. The van der Waals surface area contributed by atoms with Crippen molar-refractivity contribution in [2.24, 2.45) is 11.8 Å². The molecule has 3 unspecified atom stereocenters. The molecule has 1 amide bonds. The van der Waals surface area contributed by atoms with Crippen molar-refractivity contribution in [2.75, 3.05) is 11.9 Å². The summed E-state index contributed by atoms with van der Waals surface area (Å²) in [5.41, 5.74) is 1.66. The highest BCUT2D eigenvalue weighted by Crippen LogP contribution is 2.38. The molecular formula is C17H24N4O3. The number of fused-ring (bicyclic) bond motifs is 1. The van der Waals surface area contributed by atoms with E-state index in [1.54, 1.807) is 4.52 Å². The van der Waals surface area contributed by atoms with E-state index in [2.05, 4.69) is 22.3 Å². The number of carbonyl (C=O) groups is 1. The van der Waals surface area contributed by atoms with Crippen molar-refractivity contribution in [3.8, 4) is 0 Å². The summed E-state index contributed by atoms with van der Waals surface area (Å²) in [6.07, 6.45) is 2.44. The number of carbonyl (C=O) groups excluding carboxylic acids is 1. The van der Waals surface area contributed by atoms with Crippen LogP contribution in [0.25, 0.3) is 5.52 Å². The molecule has 7 heteroatoms. The van der Waals surface area contributed by atoms with Crippen LogP contribution in [0.5, 0.6) is 0 Å². The van der Waals surface area contributed by atoms with E-state index in [-0.39, 0.29) is 36.6 Å². The number of ether oxygens (including phenoxy) is 1. The summed E-state index contributed by atoms with van der Waals surface area (Å²) >= 11 is 0. The van der Waals surface area contributed by atoms with Crippen LogP contribution in [0.4, 0.5) is 5.82 Å². The van der Waals surface area contributed by atoms with Gasteiger partial charge >= 0.3 is 0 Å². The summed E-state index contributed by atoms with van der Waals surface area (Å²) in [5, 5.41) is 16.5. The third kappa shape index (κ3) is 3.27. The maximum atomic E-state index is 12.0. The molecule has 24 heavy (non-hydrogen) atoms. The molecule has 2 aromatic heterocycles. The summed E-state index contributed by atoms with van der Waals surface area (Å²) in [7, 11) is 0. The fraction of sp³-hybridized carbons (Fsp3) is 0.588. The van der Waals surface area contributed by atoms with Gasteiger partial charge in [0.15, 0.2) is 5.82 Å². The minimum atomic E-state index is -0.136. The zero-order chi connectivity index (χ0) is 17.3. The molecule has 1 aliphatic rings. The molecule has 0 aromatic carbocycles. The van der Waals surface area contributed by atoms with Gasteiger partial charge in [0, 0.05) is 6.42 Å². The molecule has 3 rings (SSSR count). The number of anilines is 1. The monoisotopic (exact) mass is 332 g/mol.